The van der Waals surface area contributed by atoms with E-state index in [-0.39, 0.29) is 11.8 Å². The van der Waals surface area contributed by atoms with Crippen LogP contribution in [0, 0.1) is 0 Å². The molecule has 0 aliphatic carbocycles. The van der Waals surface area contributed by atoms with Gasteiger partial charge < -0.3 is 8.83 Å². The van der Waals surface area contributed by atoms with Crippen molar-refractivity contribution >= 4 is 0 Å². The van der Waals surface area contributed by atoms with Crippen LogP contribution in [0.5, 0.6) is 0 Å². The predicted molar refractivity (Wildman–Crippen MR) is 146 cm³/mol. The number of rotatable bonds is 6. The standard InChI is InChI=1S/C30H18N8O2/c1-3-8-19(9-4-1)23-15-25(33-17-31-23)29-37-35-27(39-29)21-12-7-13-22(14-21)28-36-38-30(40-28)26-16-24(32-18-34-26)20-10-5-2-6-11-20/h1-18H. The van der Waals surface area contributed by atoms with Crippen LogP contribution < -0.4 is 0 Å². The topological polar surface area (TPSA) is 129 Å². The molecule has 0 N–H and O–H groups in total. The average molecular weight is 523 g/mol. The maximum atomic E-state index is 5.97. The Kier molecular flexibility index (Phi) is 5.87. The first-order valence-corrected chi connectivity index (χ1v) is 12.3. The fraction of sp³-hybridized carbons (Fsp3) is 0. The molecule has 0 atom stereocenters. The number of nitrogens with zero attached hydrogens (tertiary/aromatic N) is 8. The largest absolute Gasteiger partial charge is 0.415 e. The van der Waals surface area contributed by atoms with E-state index in [0.29, 0.717) is 34.3 Å². The van der Waals surface area contributed by atoms with Gasteiger partial charge in [0.05, 0.1) is 11.4 Å². The number of aromatic nitrogens is 8. The van der Waals surface area contributed by atoms with E-state index in [2.05, 4.69) is 40.3 Å². The first-order valence-electron chi connectivity index (χ1n) is 12.3. The zero-order chi connectivity index (χ0) is 26.7. The third kappa shape index (κ3) is 4.61. The third-order valence-corrected chi connectivity index (χ3v) is 6.12. The summed E-state index contributed by atoms with van der Waals surface area (Å²) in [5, 5.41) is 16.9. The van der Waals surface area contributed by atoms with Gasteiger partial charge in [-0.3, -0.25) is 0 Å². The van der Waals surface area contributed by atoms with Crippen LogP contribution in [0.4, 0.5) is 0 Å². The predicted octanol–water partition coefficient (Wildman–Crippen LogP) is 6.03. The molecule has 7 rings (SSSR count). The molecule has 0 aliphatic heterocycles. The van der Waals surface area contributed by atoms with Crippen molar-refractivity contribution in [1.29, 1.82) is 0 Å². The molecule has 4 aromatic heterocycles. The van der Waals surface area contributed by atoms with Crippen molar-refractivity contribution in [2.75, 3.05) is 0 Å². The van der Waals surface area contributed by atoms with Gasteiger partial charge in [0, 0.05) is 22.3 Å². The average Bonchev–Trinajstić information content (AvgIpc) is 3.74. The zero-order valence-corrected chi connectivity index (χ0v) is 20.8. The van der Waals surface area contributed by atoms with Crippen LogP contribution in [-0.2, 0) is 0 Å². The Labute approximate surface area is 227 Å². The molecule has 190 valence electrons. The summed E-state index contributed by atoms with van der Waals surface area (Å²) in [6, 6.07) is 30.7. The minimum atomic E-state index is 0.290. The highest BCUT2D eigenvalue weighted by Crippen LogP contribution is 2.30. The maximum Gasteiger partial charge on any atom is 0.266 e. The van der Waals surface area contributed by atoms with E-state index in [4.69, 9.17) is 8.83 Å². The third-order valence-electron chi connectivity index (χ3n) is 6.12. The monoisotopic (exact) mass is 522 g/mol. The van der Waals surface area contributed by atoms with Gasteiger partial charge in [-0.2, -0.15) is 0 Å². The van der Waals surface area contributed by atoms with Crippen molar-refractivity contribution in [2.24, 2.45) is 0 Å². The molecular weight excluding hydrogens is 504 g/mol. The van der Waals surface area contributed by atoms with Crippen molar-refractivity contribution in [2.45, 2.75) is 0 Å². The van der Waals surface area contributed by atoms with Crippen molar-refractivity contribution in [3.8, 4) is 68.6 Å². The Balaban J connectivity index is 1.15. The second-order valence-electron chi connectivity index (χ2n) is 8.71. The number of hydrogen-bond acceptors (Lipinski definition) is 10. The summed E-state index contributed by atoms with van der Waals surface area (Å²) in [5.74, 6) is 1.25. The smallest absolute Gasteiger partial charge is 0.266 e. The van der Waals surface area contributed by atoms with Gasteiger partial charge >= 0.3 is 0 Å². The van der Waals surface area contributed by atoms with Gasteiger partial charge in [-0.05, 0) is 30.3 Å². The lowest BCUT2D eigenvalue weighted by molar-refractivity contribution is 0.580. The molecule has 10 nitrogen and oxygen atoms in total. The van der Waals surface area contributed by atoms with Crippen LogP contribution in [0.2, 0.25) is 0 Å². The molecule has 0 radical (unpaired) electrons. The van der Waals surface area contributed by atoms with Crippen LogP contribution >= 0.6 is 0 Å². The van der Waals surface area contributed by atoms with E-state index in [0.717, 1.165) is 22.5 Å². The molecule has 4 heterocycles. The quantitative estimate of drug-likeness (QED) is 0.255. The summed E-state index contributed by atoms with van der Waals surface area (Å²) in [6.45, 7) is 0. The van der Waals surface area contributed by atoms with Crippen molar-refractivity contribution in [1.82, 2.24) is 40.3 Å². The zero-order valence-electron chi connectivity index (χ0n) is 20.8. The molecule has 0 saturated heterocycles. The second-order valence-corrected chi connectivity index (χ2v) is 8.71. The Bertz CT molecular complexity index is 1780. The Morgan fingerprint density at radius 1 is 0.350 bits per heavy atom. The van der Waals surface area contributed by atoms with Crippen LogP contribution in [-0.4, -0.2) is 40.3 Å². The minimum Gasteiger partial charge on any atom is -0.415 e. The molecule has 10 heteroatoms. The molecule has 7 aromatic rings. The highest BCUT2D eigenvalue weighted by Gasteiger charge is 2.17. The molecule has 0 spiro atoms. The summed E-state index contributed by atoms with van der Waals surface area (Å²) in [7, 11) is 0. The lowest BCUT2D eigenvalue weighted by Gasteiger charge is -2.01. The van der Waals surface area contributed by atoms with Gasteiger partial charge in [0.25, 0.3) is 11.8 Å². The van der Waals surface area contributed by atoms with Crippen LogP contribution in [0.25, 0.3) is 68.6 Å². The molecule has 0 fully saturated rings. The fourth-order valence-corrected chi connectivity index (χ4v) is 4.15. The minimum absolute atomic E-state index is 0.290. The molecule has 0 aliphatic rings. The van der Waals surface area contributed by atoms with Crippen LogP contribution in [0.3, 0.4) is 0 Å². The molecule has 40 heavy (non-hydrogen) atoms. The van der Waals surface area contributed by atoms with E-state index >= 15 is 0 Å². The highest BCUT2D eigenvalue weighted by atomic mass is 16.4. The molecule has 0 unspecified atom stereocenters. The molecule has 3 aromatic carbocycles. The highest BCUT2D eigenvalue weighted by molar-refractivity contribution is 5.68. The Hall–Kier alpha value is -5.90. The van der Waals surface area contributed by atoms with E-state index < -0.39 is 0 Å². The Morgan fingerprint density at radius 3 is 1.23 bits per heavy atom. The lowest BCUT2D eigenvalue weighted by atomic mass is 10.1. The van der Waals surface area contributed by atoms with Gasteiger partial charge in [0.1, 0.15) is 24.0 Å². The van der Waals surface area contributed by atoms with Gasteiger partial charge in [-0.15, -0.1) is 20.4 Å². The van der Waals surface area contributed by atoms with E-state index in [9.17, 15) is 0 Å². The molecule has 0 bridgehead atoms. The summed E-state index contributed by atoms with van der Waals surface area (Å²) in [5.41, 5.74) is 5.92. The number of benzene rings is 3. The molecular formula is C30H18N8O2. The lowest BCUT2D eigenvalue weighted by Crippen LogP contribution is -1.89. The normalized spacial score (nSPS) is 11.0. The van der Waals surface area contributed by atoms with E-state index in [1.54, 1.807) is 0 Å². The van der Waals surface area contributed by atoms with E-state index in [1.807, 2.05) is 97.1 Å². The fourth-order valence-electron chi connectivity index (χ4n) is 4.15. The van der Waals surface area contributed by atoms with Gasteiger partial charge in [0.2, 0.25) is 11.8 Å². The van der Waals surface area contributed by atoms with Crippen molar-refractivity contribution in [3.63, 3.8) is 0 Å². The van der Waals surface area contributed by atoms with Crippen LogP contribution in [0.15, 0.2) is 119 Å². The van der Waals surface area contributed by atoms with Gasteiger partial charge in [-0.25, -0.2) is 19.9 Å². The summed E-state index contributed by atoms with van der Waals surface area (Å²) in [4.78, 5) is 17.3. The summed E-state index contributed by atoms with van der Waals surface area (Å²) >= 11 is 0. The number of hydrogen-bond donors (Lipinski definition) is 0. The van der Waals surface area contributed by atoms with Crippen LogP contribution in [0.1, 0.15) is 0 Å². The maximum absolute atomic E-state index is 5.97. The SMILES string of the molecule is c1ccc(-c2cc(-c3nnc(-c4cccc(-c5nnc(-c6cc(-c7ccccc7)ncn6)o5)c4)o3)ncn2)cc1. The first kappa shape index (κ1) is 23.2. The van der Waals surface area contributed by atoms with E-state index in [1.165, 1.54) is 12.7 Å². The van der Waals surface area contributed by atoms with Crippen molar-refractivity contribution in [3.05, 3.63) is 110 Å². The summed E-state index contributed by atoms with van der Waals surface area (Å²) in [6.07, 6.45) is 2.96. The first-order chi connectivity index (χ1) is 19.8. The molecule has 0 saturated carbocycles. The molecule has 0 amide bonds. The second kappa shape index (κ2) is 10.1. The Morgan fingerprint density at radius 2 is 0.750 bits per heavy atom. The van der Waals surface area contributed by atoms with Crippen molar-refractivity contribution < 1.29 is 8.83 Å². The van der Waals surface area contributed by atoms with Gasteiger partial charge in [-0.1, -0.05) is 66.7 Å². The van der Waals surface area contributed by atoms with Gasteiger partial charge in [0.15, 0.2) is 0 Å². The summed E-state index contributed by atoms with van der Waals surface area (Å²) < 4.78 is 11.9.